The minimum absolute atomic E-state index is 0.0433. The number of thiophene rings is 1. The first kappa shape index (κ1) is 16.2. The molecule has 1 aromatic heterocycles. The van der Waals surface area contributed by atoms with Crippen LogP contribution in [-0.2, 0) is 20.7 Å². The van der Waals surface area contributed by atoms with Crippen LogP contribution in [0.5, 0.6) is 0 Å². The van der Waals surface area contributed by atoms with Gasteiger partial charge in [0, 0.05) is 4.88 Å². The molecular weight excluding hydrogens is 276 g/mol. The van der Waals surface area contributed by atoms with Crippen molar-refractivity contribution in [2.45, 2.75) is 32.7 Å². The van der Waals surface area contributed by atoms with Crippen LogP contribution < -0.4 is 5.32 Å². The fourth-order valence-corrected chi connectivity index (χ4v) is 2.07. The van der Waals surface area contributed by atoms with Gasteiger partial charge in [0.2, 0.25) is 0 Å². The van der Waals surface area contributed by atoms with Crippen LogP contribution in [0.2, 0.25) is 0 Å². The van der Waals surface area contributed by atoms with Crippen molar-refractivity contribution in [3.05, 3.63) is 22.4 Å². The molecule has 20 heavy (non-hydrogen) atoms. The van der Waals surface area contributed by atoms with E-state index in [1.165, 1.54) is 11.3 Å². The Morgan fingerprint density at radius 3 is 2.75 bits per heavy atom. The number of esters is 1. The predicted octanol–water partition coefficient (Wildman–Crippen LogP) is 1.89. The van der Waals surface area contributed by atoms with Crippen LogP contribution >= 0.6 is 11.3 Å². The van der Waals surface area contributed by atoms with Gasteiger partial charge < -0.3 is 10.1 Å². The summed E-state index contributed by atoms with van der Waals surface area (Å²) in [7, 11) is 0. The molecule has 0 fully saturated rings. The predicted molar refractivity (Wildman–Crippen MR) is 76.0 cm³/mol. The summed E-state index contributed by atoms with van der Waals surface area (Å²) in [5.41, 5.74) is -0.961. The largest absolute Gasteiger partial charge is 0.455 e. The fourth-order valence-electron chi connectivity index (χ4n) is 1.38. The number of hydrogen-bond acceptors (Lipinski definition) is 5. The van der Waals surface area contributed by atoms with Crippen molar-refractivity contribution in [3.8, 4) is 6.07 Å². The standard InChI is InChI=1S/C14H18N2O3S/c1-10(2)14(3,9-15)16-12(17)8-19-13(18)7-11-5-4-6-20-11/h4-6,10H,7-8H2,1-3H3,(H,16,17). The number of hydrogen-bond donors (Lipinski definition) is 1. The summed E-state index contributed by atoms with van der Waals surface area (Å²) in [4.78, 5) is 24.1. The Bertz CT molecular complexity index is 505. The van der Waals surface area contributed by atoms with E-state index in [2.05, 4.69) is 11.4 Å². The van der Waals surface area contributed by atoms with E-state index in [4.69, 9.17) is 10.00 Å². The normalized spacial score (nSPS) is 13.3. The van der Waals surface area contributed by atoms with Crippen LogP contribution in [0.25, 0.3) is 0 Å². The molecule has 1 N–H and O–H groups in total. The van der Waals surface area contributed by atoms with Crippen molar-refractivity contribution in [2.24, 2.45) is 5.92 Å². The Morgan fingerprint density at radius 2 is 2.25 bits per heavy atom. The minimum atomic E-state index is -0.961. The van der Waals surface area contributed by atoms with Gasteiger partial charge in [0.05, 0.1) is 12.5 Å². The molecule has 0 radical (unpaired) electrons. The Hall–Kier alpha value is -1.87. The summed E-state index contributed by atoms with van der Waals surface area (Å²) in [6, 6.07) is 5.74. The van der Waals surface area contributed by atoms with E-state index in [-0.39, 0.29) is 18.9 Å². The van der Waals surface area contributed by atoms with Gasteiger partial charge in [-0.25, -0.2) is 0 Å². The van der Waals surface area contributed by atoms with Gasteiger partial charge in [0.15, 0.2) is 6.61 Å². The van der Waals surface area contributed by atoms with Crippen LogP contribution in [0, 0.1) is 17.2 Å². The maximum atomic E-state index is 11.7. The molecular formula is C14H18N2O3S. The first-order chi connectivity index (χ1) is 9.37. The van der Waals surface area contributed by atoms with E-state index in [0.717, 1.165) is 4.88 Å². The van der Waals surface area contributed by atoms with E-state index in [0.29, 0.717) is 0 Å². The van der Waals surface area contributed by atoms with Crippen LogP contribution in [0.3, 0.4) is 0 Å². The number of nitrogens with zero attached hydrogens (tertiary/aromatic N) is 1. The molecule has 0 aliphatic rings. The minimum Gasteiger partial charge on any atom is -0.455 e. The third-order valence-electron chi connectivity index (χ3n) is 3.05. The Morgan fingerprint density at radius 1 is 1.55 bits per heavy atom. The van der Waals surface area contributed by atoms with E-state index >= 15 is 0 Å². The highest BCUT2D eigenvalue weighted by molar-refractivity contribution is 7.10. The molecule has 1 unspecified atom stereocenters. The topological polar surface area (TPSA) is 79.2 Å². The van der Waals surface area contributed by atoms with Crippen molar-refractivity contribution in [1.82, 2.24) is 5.32 Å². The third kappa shape index (κ3) is 4.67. The summed E-state index contributed by atoms with van der Waals surface area (Å²) in [5, 5.41) is 13.5. The number of carbonyl (C=O) groups excluding carboxylic acids is 2. The molecule has 0 spiro atoms. The number of carbonyl (C=O) groups is 2. The van der Waals surface area contributed by atoms with Gasteiger partial charge in [0.25, 0.3) is 5.91 Å². The first-order valence-corrected chi connectivity index (χ1v) is 7.15. The van der Waals surface area contributed by atoms with E-state index in [1.54, 1.807) is 6.92 Å². The summed E-state index contributed by atoms with van der Waals surface area (Å²) < 4.78 is 4.89. The van der Waals surface area contributed by atoms with Gasteiger partial charge in [-0.05, 0) is 24.3 Å². The number of rotatable bonds is 6. The van der Waals surface area contributed by atoms with Crippen molar-refractivity contribution >= 4 is 23.2 Å². The van der Waals surface area contributed by atoms with E-state index < -0.39 is 17.4 Å². The summed E-state index contributed by atoms with van der Waals surface area (Å²) in [6.45, 7) is 4.95. The van der Waals surface area contributed by atoms with Crippen molar-refractivity contribution < 1.29 is 14.3 Å². The first-order valence-electron chi connectivity index (χ1n) is 6.27. The zero-order chi connectivity index (χ0) is 15.2. The van der Waals surface area contributed by atoms with Crippen LogP contribution in [0.15, 0.2) is 17.5 Å². The number of amides is 1. The maximum absolute atomic E-state index is 11.7. The molecule has 5 nitrogen and oxygen atoms in total. The molecule has 0 saturated carbocycles. The van der Waals surface area contributed by atoms with Crippen molar-refractivity contribution in [1.29, 1.82) is 5.26 Å². The zero-order valence-electron chi connectivity index (χ0n) is 11.8. The second kappa shape index (κ2) is 7.06. The van der Waals surface area contributed by atoms with Gasteiger partial charge >= 0.3 is 5.97 Å². The average Bonchev–Trinajstić information content (AvgIpc) is 2.88. The fraction of sp³-hybridized carbons (Fsp3) is 0.500. The second-order valence-corrected chi connectivity index (χ2v) is 5.97. The zero-order valence-corrected chi connectivity index (χ0v) is 12.6. The summed E-state index contributed by atoms with van der Waals surface area (Å²) >= 11 is 1.46. The van der Waals surface area contributed by atoms with Gasteiger partial charge in [-0.1, -0.05) is 19.9 Å². The lowest BCUT2D eigenvalue weighted by atomic mass is 9.90. The van der Waals surface area contributed by atoms with Crippen LogP contribution in [-0.4, -0.2) is 24.0 Å². The maximum Gasteiger partial charge on any atom is 0.311 e. The highest BCUT2D eigenvalue weighted by Crippen LogP contribution is 2.15. The second-order valence-electron chi connectivity index (χ2n) is 4.93. The summed E-state index contributed by atoms with van der Waals surface area (Å²) in [5.74, 6) is -0.966. The van der Waals surface area contributed by atoms with Crippen LogP contribution in [0.1, 0.15) is 25.6 Å². The molecule has 0 aromatic carbocycles. The highest BCUT2D eigenvalue weighted by Gasteiger charge is 2.30. The van der Waals surface area contributed by atoms with E-state index in [1.807, 2.05) is 31.4 Å². The molecule has 1 amide bonds. The Kier molecular flexibility index (Phi) is 5.71. The van der Waals surface area contributed by atoms with E-state index in [9.17, 15) is 9.59 Å². The lowest BCUT2D eigenvalue weighted by Gasteiger charge is -2.27. The third-order valence-corrected chi connectivity index (χ3v) is 3.93. The molecule has 1 aromatic rings. The number of nitriles is 1. The molecule has 0 aliphatic carbocycles. The van der Waals surface area contributed by atoms with Gasteiger partial charge in [-0.3, -0.25) is 9.59 Å². The molecule has 6 heteroatoms. The van der Waals surface area contributed by atoms with Gasteiger partial charge in [-0.2, -0.15) is 5.26 Å². The number of nitrogens with one attached hydrogen (secondary N) is 1. The SMILES string of the molecule is CC(C)C(C)(C#N)NC(=O)COC(=O)Cc1cccs1. The van der Waals surface area contributed by atoms with Crippen molar-refractivity contribution in [2.75, 3.05) is 6.61 Å². The average molecular weight is 294 g/mol. The molecule has 0 saturated heterocycles. The monoisotopic (exact) mass is 294 g/mol. The highest BCUT2D eigenvalue weighted by atomic mass is 32.1. The molecule has 0 bridgehead atoms. The molecule has 1 atom stereocenters. The molecule has 0 aliphatic heterocycles. The van der Waals surface area contributed by atoms with Gasteiger partial charge in [-0.15, -0.1) is 11.3 Å². The molecule has 108 valence electrons. The van der Waals surface area contributed by atoms with Crippen LogP contribution in [0.4, 0.5) is 0 Å². The quantitative estimate of drug-likeness (QED) is 0.813. The smallest absolute Gasteiger partial charge is 0.311 e. The lowest BCUT2D eigenvalue weighted by Crippen LogP contribution is -2.50. The van der Waals surface area contributed by atoms with Crippen molar-refractivity contribution in [3.63, 3.8) is 0 Å². The lowest BCUT2D eigenvalue weighted by molar-refractivity contribution is -0.148. The number of ether oxygens (including phenoxy) is 1. The molecule has 1 heterocycles. The summed E-state index contributed by atoms with van der Waals surface area (Å²) in [6.07, 6.45) is 0.157. The Labute approximate surface area is 122 Å². The molecule has 1 rings (SSSR count). The van der Waals surface area contributed by atoms with Gasteiger partial charge in [0.1, 0.15) is 5.54 Å². The Balaban J connectivity index is 2.40.